The van der Waals surface area contributed by atoms with Crippen molar-refractivity contribution < 1.29 is 14.6 Å². The lowest BCUT2D eigenvalue weighted by Crippen LogP contribution is -2.35. The molecule has 2 N–H and O–H groups in total. The zero-order valence-electron chi connectivity index (χ0n) is 10.0. The molecule has 0 fully saturated rings. The fourth-order valence-electron chi connectivity index (χ4n) is 1.75. The number of aliphatic hydroxyl groups is 2. The first-order valence-electron chi connectivity index (χ1n) is 5.74. The summed E-state index contributed by atoms with van der Waals surface area (Å²) < 4.78 is 12.9. The molecule has 1 rings (SSSR count). The molecule has 0 atom stereocenters. The largest absolute Gasteiger partial charge is 0.395 e. The maximum atomic E-state index is 12.9. The predicted molar refractivity (Wildman–Crippen MR) is 69.9 cm³/mol. The molecule has 0 aliphatic carbocycles. The Kier molecular flexibility index (Phi) is 5.95. The van der Waals surface area contributed by atoms with E-state index in [1.165, 1.54) is 12.1 Å². The minimum atomic E-state index is -0.657. The summed E-state index contributed by atoms with van der Waals surface area (Å²) >= 11 is 1.77. The molecule has 96 valence electrons. The first-order valence-corrected chi connectivity index (χ1v) is 6.89. The van der Waals surface area contributed by atoms with Crippen molar-refractivity contribution in [2.24, 2.45) is 0 Å². The zero-order valence-corrected chi connectivity index (χ0v) is 10.8. The zero-order chi connectivity index (χ0) is 12.7. The topological polar surface area (TPSA) is 40.5 Å². The van der Waals surface area contributed by atoms with E-state index in [0.717, 1.165) is 17.1 Å². The van der Waals surface area contributed by atoms with E-state index >= 15 is 0 Å². The summed E-state index contributed by atoms with van der Waals surface area (Å²) in [5.41, 5.74) is 0.135. The van der Waals surface area contributed by atoms with Gasteiger partial charge in [0.05, 0.1) is 13.2 Å². The molecule has 0 bridgehead atoms. The average Bonchev–Trinajstić information content (AvgIpc) is 2.37. The second kappa shape index (κ2) is 6.99. The van der Waals surface area contributed by atoms with Gasteiger partial charge in [-0.3, -0.25) is 0 Å². The van der Waals surface area contributed by atoms with Crippen LogP contribution in [-0.4, -0.2) is 34.9 Å². The van der Waals surface area contributed by atoms with Crippen molar-refractivity contribution in [1.29, 1.82) is 0 Å². The quantitative estimate of drug-likeness (QED) is 0.737. The van der Waals surface area contributed by atoms with E-state index in [4.69, 9.17) is 0 Å². The smallest absolute Gasteiger partial charge is 0.123 e. The second-order valence-electron chi connectivity index (χ2n) is 4.05. The molecule has 4 heteroatoms. The van der Waals surface area contributed by atoms with Crippen LogP contribution in [0.1, 0.15) is 18.9 Å². The van der Waals surface area contributed by atoms with Gasteiger partial charge >= 0.3 is 0 Å². The molecule has 0 spiro atoms. The lowest BCUT2D eigenvalue weighted by atomic mass is 9.79. The monoisotopic (exact) mass is 258 g/mol. The highest BCUT2D eigenvalue weighted by molar-refractivity contribution is 7.99. The van der Waals surface area contributed by atoms with E-state index in [2.05, 4.69) is 6.92 Å². The van der Waals surface area contributed by atoms with Crippen molar-refractivity contribution in [3.8, 4) is 0 Å². The standard InChI is InChI=1S/C13H19FO2S/c1-2-17-8-7-13(9-15,10-16)11-3-5-12(14)6-4-11/h3-6,15-16H,2,7-10H2,1H3. The molecule has 0 radical (unpaired) electrons. The number of benzene rings is 1. The van der Waals surface area contributed by atoms with Crippen molar-refractivity contribution in [3.63, 3.8) is 0 Å². The van der Waals surface area contributed by atoms with Crippen molar-refractivity contribution >= 4 is 11.8 Å². The summed E-state index contributed by atoms with van der Waals surface area (Å²) in [5.74, 6) is 1.58. The van der Waals surface area contributed by atoms with Crippen molar-refractivity contribution in [1.82, 2.24) is 0 Å². The Hall–Kier alpha value is -0.580. The average molecular weight is 258 g/mol. The molecule has 2 nitrogen and oxygen atoms in total. The van der Waals surface area contributed by atoms with Gasteiger partial charge in [-0.05, 0) is 35.6 Å². The van der Waals surface area contributed by atoms with E-state index in [-0.39, 0.29) is 19.0 Å². The molecule has 0 saturated heterocycles. The van der Waals surface area contributed by atoms with E-state index in [1.54, 1.807) is 23.9 Å². The van der Waals surface area contributed by atoms with Gasteiger partial charge in [0.15, 0.2) is 0 Å². The van der Waals surface area contributed by atoms with Gasteiger partial charge in [-0.1, -0.05) is 19.1 Å². The number of hydrogen-bond acceptors (Lipinski definition) is 3. The first-order chi connectivity index (χ1) is 8.18. The molecule has 1 aromatic carbocycles. The van der Waals surface area contributed by atoms with Crippen LogP contribution < -0.4 is 0 Å². The number of thioether (sulfide) groups is 1. The highest BCUT2D eigenvalue weighted by Crippen LogP contribution is 2.29. The normalized spacial score (nSPS) is 11.8. The van der Waals surface area contributed by atoms with Crippen LogP contribution in [0, 0.1) is 5.82 Å². The number of halogens is 1. The van der Waals surface area contributed by atoms with Gasteiger partial charge in [-0.2, -0.15) is 11.8 Å². The first kappa shape index (κ1) is 14.5. The van der Waals surface area contributed by atoms with Gasteiger partial charge in [0.25, 0.3) is 0 Å². The van der Waals surface area contributed by atoms with Crippen LogP contribution in [0.4, 0.5) is 4.39 Å². The molecule has 0 heterocycles. The Morgan fingerprint density at radius 3 is 2.24 bits per heavy atom. The number of aliphatic hydroxyl groups excluding tert-OH is 2. The van der Waals surface area contributed by atoms with E-state index in [0.29, 0.717) is 6.42 Å². The molecule has 0 aliphatic heterocycles. The Morgan fingerprint density at radius 2 is 1.76 bits per heavy atom. The van der Waals surface area contributed by atoms with Gasteiger partial charge in [0.1, 0.15) is 5.82 Å². The molecule has 1 aromatic rings. The predicted octanol–water partition coefficient (Wildman–Crippen LogP) is 2.19. The van der Waals surface area contributed by atoms with Gasteiger partial charge in [0.2, 0.25) is 0 Å². The van der Waals surface area contributed by atoms with Gasteiger partial charge in [0, 0.05) is 5.41 Å². The minimum Gasteiger partial charge on any atom is -0.395 e. The summed E-state index contributed by atoms with van der Waals surface area (Å²) in [5, 5.41) is 19.1. The maximum Gasteiger partial charge on any atom is 0.123 e. The Morgan fingerprint density at radius 1 is 1.18 bits per heavy atom. The van der Waals surface area contributed by atoms with Gasteiger partial charge in [-0.15, -0.1) is 0 Å². The van der Waals surface area contributed by atoms with E-state index < -0.39 is 5.41 Å². The summed E-state index contributed by atoms with van der Waals surface area (Å²) in [6.45, 7) is 1.82. The number of rotatable bonds is 7. The van der Waals surface area contributed by atoms with Crippen LogP contribution in [0.25, 0.3) is 0 Å². The van der Waals surface area contributed by atoms with Crippen LogP contribution in [-0.2, 0) is 5.41 Å². The summed E-state index contributed by atoms with van der Waals surface area (Å²) in [7, 11) is 0. The van der Waals surface area contributed by atoms with E-state index in [9.17, 15) is 14.6 Å². The summed E-state index contributed by atoms with van der Waals surface area (Å²) in [4.78, 5) is 0. The second-order valence-corrected chi connectivity index (χ2v) is 5.44. The van der Waals surface area contributed by atoms with Crippen LogP contribution in [0.5, 0.6) is 0 Å². The Labute approximate surface area is 106 Å². The highest BCUT2D eigenvalue weighted by atomic mass is 32.2. The molecule has 0 saturated carbocycles. The van der Waals surface area contributed by atoms with Gasteiger partial charge < -0.3 is 10.2 Å². The molecular weight excluding hydrogens is 239 g/mol. The Bertz CT molecular complexity index is 323. The van der Waals surface area contributed by atoms with E-state index in [1.807, 2.05) is 0 Å². The van der Waals surface area contributed by atoms with Crippen LogP contribution in [0.3, 0.4) is 0 Å². The lowest BCUT2D eigenvalue weighted by Gasteiger charge is -2.30. The fraction of sp³-hybridized carbons (Fsp3) is 0.538. The molecule has 17 heavy (non-hydrogen) atoms. The fourth-order valence-corrected chi connectivity index (χ4v) is 2.57. The third-order valence-electron chi connectivity index (χ3n) is 2.99. The van der Waals surface area contributed by atoms with Crippen molar-refractivity contribution in [2.45, 2.75) is 18.8 Å². The molecule has 0 unspecified atom stereocenters. The highest BCUT2D eigenvalue weighted by Gasteiger charge is 2.30. The van der Waals surface area contributed by atoms with Crippen LogP contribution in [0.2, 0.25) is 0 Å². The lowest BCUT2D eigenvalue weighted by molar-refractivity contribution is 0.114. The summed E-state index contributed by atoms with van der Waals surface area (Å²) in [6, 6.07) is 6.00. The SMILES string of the molecule is CCSCCC(CO)(CO)c1ccc(F)cc1. The maximum absolute atomic E-state index is 12.9. The molecule has 0 amide bonds. The minimum absolute atomic E-state index is 0.126. The molecule has 0 aromatic heterocycles. The van der Waals surface area contributed by atoms with Crippen LogP contribution in [0.15, 0.2) is 24.3 Å². The third kappa shape index (κ3) is 3.69. The number of hydrogen-bond donors (Lipinski definition) is 2. The Balaban J connectivity index is 2.85. The van der Waals surface area contributed by atoms with Crippen molar-refractivity contribution in [2.75, 3.05) is 24.7 Å². The van der Waals surface area contributed by atoms with Crippen LogP contribution >= 0.6 is 11.8 Å². The summed E-state index contributed by atoms with van der Waals surface area (Å²) in [6.07, 6.45) is 0.685. The molecular formula is C13H19FO2S. The molecule has 0 aliphatic rings. The van der Waals surface area contributed by atoms with Crippen molar-refractivity contribution in [3.05, 3.63) is 35.6 Å². The van der Waals surface area contributed by atoms with Gasteiger partial charge in [-0.25, -0.2) is 4.39 Å². The third-order valence-corrected chi connectivity index (χ3v) is 3.89.